The molecule has 0 atom stereocenters. The highest BCUT2D eigenvalue weighted by Gasteiger charge is 2.27. The molecule has 2 heterocycles. The minimum absolute atomic E-state index is 0.0843. The van der Waals surface area contributed by atoms with E-state index in [0.717, 1.165) is 45.1 Å². The summed E-state index contributed by atoms with van der Waals surface area (Å²) < 4.78 is 2.02. The van der Waals surface area contributed by atoms with Gasteiger partial charge in [-0.25, -0.2) is 4.98 Å². The highest BCUT2D eigenvalue weighted by Crippen LogP contribution is 2.31. The quantitative estimate of drug-likeness (QED) is 0.735. The van der Waals surface area contributed by atoms with Gasteiger partial charge in [-0.2, -0.15) is 0 Å². The summed E-state index contributed by atoms with van der Waals surface area (Å²) in [7, 11) is 1.92. The summed E-state index contributed by atoms with van der Waals surface area (Å²) in [5.74, 6) is -0.0248. The average Bonchev–Trinajstić information content (AvgIpc) is 3.17. The second-order valence-electron chi connectivity index (χ2n) is 7.34. The molecule has 1 saturated carbocycles. The fourth-order valence-corrected chi connectivity index (χ4v) is 5.11. The maximum atomic E-state index is 13.1. The van der Waals surface area contributed by atoms with Crippen LogP contribution in [0.1, 0.15) is 54.4 Å². The molecular formula is C20H24N4O2S. The van der Waals surface area contributed by atoms with Crippen molar-refractivity contribution >= 4 is 44.8 Å². The monoisotopic (exact) mass is 384 g/mol. The zero-order chi connectivity index (χ0) is 19.1. The lowest BCUT2D eigenvalue weighted by atomic mass is 9.94. The average molecular weight is 385 g/mol. The summed E-state index contributed by atoms with van der Waals surface area (Å²) >= 11 is 1.44. The Bertz CT molecular complexity index is 1030. The van der Waals surface area contributed by atoms with E-state index in [1.807, 2.05) is 41.5 Å². The van der Waals surface area contributed by atoms with Gasteiger partial charge < -0.3 is 10.2 Å². The van der Waals surface area contributed by atoms with Crippen LogP contribution in [-0.2, 0) is 4.79 Å². The summed E-state index contributed by atoms with van der Waals surface area (Å²) in [6.45, 7) is 3.46. The summed E-state index contributed by atoms with van der Waals surface area (Å²) in [6, 6.07) is 5.99. The molecule has 0 spiro atoms. The van der Waals surface area contributed by atoms with Crippen molar-refractivity contribution in [2.24, 2.45) is 0 Å². The molecule has 1 aliphatic carbocycles. The Morgan fingerprint density at radius 3 is 2.70 bits per heavy atom. The van der Waals surface area contributed by atoms with E-state index in [1.165, 1.54) is 37.5 Å². The SMILES string of the molecule is CC(=O)Nc1ccc2nc3sc(C(=O)N(C)C4CCCCC4)c(C)n3c2c1. The number of rotatable bonds is 3. The highest BCUT2D eigenvalue weighted by atomic mass is 32.1. The molecular weight excluding hydrogens is 360 g/mol. The van der Waals surface area contributed by atoms with E-state index < -0.39 is 0 Å². The molecule has 3 aromatic rings. The number of fused-ring (bicyclic) bond motifs is 3. The van der Waals surface area contributed by atoms with Gasteiger partial charge in [-0.1, -0.05) is 30.6 Å². The van der Waals surface area contributed by atoms with Gasteiger partial charge in [-0.05, 0) is 38.0 Å². The zero-order valence-electron chi connectivity index (χ0n) is 15.9. The number of carbonyl (C=O) groups is 2. The second kappa shape index (κ2) is 6.96. The second-order valence-corrected chi connectivity index (χ2v) is 8.32. The number of anilines is 1. The van der Waals surface area contributed by atoms with Gasteiger partial charge in [-0.3, -0.25) is 14.0 Å². The van der Waals surface area contributed by atoms with Crippen LogP contribution in [-0.4, -0.2) is 39.2 Å². The summed E-state index contributed by atoms with van der Waals surface area (Å²) in [6.07, 6.45) is 5.85. The van der Waals surface area contributed by atoms with Crippen LogP contribution in [0, 0.1) is 6.92 Å². The minimum atomic E-state index is -0.109. The van der Waals surface area contributed by atoms with Crippen molar-refractivity contribution in [3.05, 3.63) is 28.8 Å². The third kappa shape index (κ3) is 3.20. The number of aromatic nitrogens is 2. The molecule has 0 aliphatic heterocycles. The first-order valence-electron chi connectivity index (χ1n) is 9.42. The lowest BCUT2D eigenvalue weighted by molar-refractivity contribution is -0.114. The molecule has 1 fully saturated rings. The molecule has 0 radical (unpaired) electrons. The topological polar surface area (TPSA) is 66.7 Å². The Morgan fingerprint density at radius 2 is 2.00 bits per heavy atom. The Hall–Kier alpha value is -2.41. The minimum Gasteiger partial charge on any atom is -0.338 e. The fourth-order valence-electron chi connectivity index (χ4n) is 3.99. The Balaban J connectivity index is 1.72. The number of hydrogen-bond acceptors (Lipinski definition) is 4. The molecule has 142 valence electrons. The predicted octanol–water partition coefficient (Wildman–Crippen LogP) is 4.22. The van der Waals surface area contributed by atoms with Gasteiger partial charge in [0.15, 0.2) is 4.96 Å². The zero-order valence-corrected chi connectivity index (χ0v) is 16.7. The van der Waals surface area contributed by atoms with E-state index in [1.54, 1.807) is 0 Å². The number of thiazole rings is 1. The number of benzene rings is 1. The van der Waals surface area contributed by atoms with E-state index in [0.29, 0.717) is 6.04 Å². The van der Waals surface area contributed by atoms with Crippen molar-refractivity contribution in [2.75, 3.05) is 12.4 Å². The third-order valence-electron chi connectivity index (χ3n) is 5.44. The van der Waals surface area contributed by atoms with Crippen molar-refractivity contribution in [1.29, 1.82) is 0 Å². The largest absolute Gasteiger partial charge is 0.338 e. The van der Waals surface area contributed by atoms with Crippen LogP contribution in [0.3, 0.4) is 0 Å². The molecule has 1 N–H and O–H groups in total. The lowest BCUT2D eigenvalue weighted by Crippen LogP contribution is -2.38. The lowest BCUT2D eigenvalue weighted by Gasteiger charge is -2.31. The Morgan fingerprint density at radius 1 is 1.26 bits per heavy atom. The van der Waals surface area contributed by atoms with Crippen molar-refractivity contribution in [3.63, 3.8) is 0 Å². The van der Waals surface area contributed by atoms with Crippen molar-refractivity contribution in [2.45, 2.75) is 52.0 Å². The molecule has 0 unspecified atom stereocenters. The number of imidazole rings is 1. The van der Waals surface area contributed by atoms with E-state index >= 15 is 0 Å². The Kier molecular flexibility index (Phi) is 4.63. The first-order valence-corrected chi connectivity index (χ1v) is 10.2. The smallest absolute Gasteiger partial charge is 0.265 e. The van der Waals surface area contributed by atoms with Crippen LogP contribution >= 0.6 is 11.3 Å². The number of hydrogen-bond donors (Lipinski definition) is 1. The molecule has 7 heteroatoms. The van der Waals surface area contributed by atoms with Crippen LogP contribution in [0.15, 0.2) is 18.2 Å². The maximum Gasteiger partial charge on any atom is 0.265 e. The predicted molar refractivity (Wildman–Crippen MR) is 109 cm³/mol. The van der Waals surface area contributed by atoms with E-state index in [4.69, 9.17) is 0 Å². The summed E-state index contributed by atoms with van der Waals surface area (Å²) in [5, 5.41) is 2.81. The molecule has 2 aromatic heterocycles. The van der Waals surface area contributed by atoms with Gasteiger partial charge in [-0.15, -0.1) is 0 Å². The van der Waals surface area contributed by atoms with E-state index in [-0.39, 0.29) is 11.8 Å². The van der Waals surface area contributed by atoms with Gasteiger partial charge in [0.2, 0.25) is 5.91 Å². The molecule has 1 aliphatic rings. The first kappa shape index (κ1) is 18.0. The van der Waals surface area contributed by atoms with Gasteiger partial charge >= 0.3 is 0 Å². The van der Waals surface area contributed by atoms with Gasteiger partial charge in [0.25, 0.3) is 5.91 Å². The Labute approximate surface area is 162 Å². The number of amides is 2. The molecule has 27 heavy (non-hydrogen) atoms. The normalized spacial score (nSPS) is 15.4. The van der Waals surface area contributed by atoms with E-state index in [2.05, 4.69) is 10.3 Å². The van der Waals surface area contributed by atoms with Crippen LogP contribution in [0.2, 0.25) is 0 Å². The van der Waals surface area contributed by atoms with Crippen molar-refractivity contribution in [3.8, 4) is 0 Å². The van der Waals surface area contributed by atoms with Crippen molar-refractivity contribution < 1.29 is 9.59 Å². The number of aryl methyl sites for hydroxylation is 1. The van der Waals surface area contributed by atoms with E-state index in [9.17, 15) is 9.59 Å². The molecule has 2 amide bonds. The van der Waals surface area contributed by atoms with Crippen LogP contribution < -0.4 is 5.32 Å². The molecule has 0 saturated heterocycles. The van der Waals surface area contributed by atoms with Gasteiger partial charge in [0, 0.05) is 31.4 Å². The van der Waals surface area contributed by atoms with Gasteiger partial charge in [0.1, 0.15) is 4.88 Å². The van der Waals surface area contributed by atoms with Crippen molar-refractivity contribution in [1.82, 2.24) is 14.3 Å². The van der Waals surface area contributed by atoms with Crippen LogP contribution in [0.5, 0.6) is 0 Å². The van der Waals surface area contributed by atoms with Crippen LogP contribution in [0.25, 0.3) is 16.0 Å². The number of nitrogens with zero attached hydrogens (tertiary/aromatic N) is 3. The summed E-state index contributed by atoms with van der Waals surface area (Å²) in [4.78, 5) is 32.6. The molecule has 0 bridgehead atoms. The van der Waals surface area contributed by atoms with Gasteiger partial charge in [0.05, 0.1) is 11.0 Å². The molecule has 1 aromatic carbocycles. The third-order valence-corrected chi connectivity index (χ3v) is 6.57. The highest BCUT2D eigenvalue weighted by molar-refractivity contribution is 7.19. The standard InChI is InChI=1S/C20H24N4O2S/c1-12-18(19(26)23(3)15-7-5-4-6-8-15)27-20-22-16-10-9-14(21-13(2)25)11-17(16)24(12)20/h9-11,15H,4-8H2,1-3H3,(H,21,25). The summed E-state index contributed by atoms with van der Waals surface area (Å²) in [5.41, 5.74) is 3.40. The first-order chi connectivity index (χ1) is 13.0. The molecule has 4 rings (SSSR count). The fraction of sp³-hybridized carbons (Fsp3) is 0.450. The number of carbonyl (C=O) groups excluding carboxylic acids is 2. The maximum absolute atomic E-state index is 13.1. The van der Waals surface area contributed by atoms with Crippen LogP contribution in [0.4, 0.5) is 5.69 Å². The number of nitrogens with one attached hydrogen (secondary N) is 1. The molecule has 6 nitrogen and oxygen atoms in total.